The second-order valence-corrected chi connectivity index (χ2v) is 8.01. The summed E-state index contributed by atoms with van der Waals surface area (Å²) in [6, 6.07) is 0.151. The quantitative estimate of drug-likeness (QED) is 0.784. The lowest BCUT2D eigenvalue weighted by molar-refractivity contribution is -0.144. The molecule has 0 radical (unpaired) electrons. The molecule has 2 aliphatic heterocycles. The average molecular weight is 296 g/mol. The molecule has 112 valence electrons. The molecule has 2 heterocycles. The Kier molecular flexibility index (Phi) is 3.73. The van der Waals surface area contributed by atoms with Gasteiger partial charge in [0.1, 0.15) is 6.04 Å². The van der Waals surface area contributed by atoms with E-state index in [4.69, 9.17) is 0 Å². The van der Waals surface area contributed by atoms with Crippen LogP contribution in [0.5, 0.6) is 0 Å². The Morgan fingerprint density at radius 3 is 2.75 bits per heavy atom. The first kappa shape index (κ1) is 14.2. The fourth-order valence-electron chi connectivity index (χ4n) is 3.89. The fourth-order valence-corrected chi connectivity index (χ4v) is 5.31. The summed E-state index contributed by atoms with van der Waals surface area (Å²) in [6.45, 7) is 2.11. The van der Waals surface area contributed by atoms with Crippen LogP contribution in [0.15, 0.2) is 0 Å². The van der Waals surface area contributed by atoms with Crippen LogP contribution in [0.25, 0.3) is 0 Å². The number of amides is 2. The molecule has 0 spiro atoms. The number of carbonyl (C=O) groups is 2. The number of fused-ring (bicyclic) bond motifs is 1. The lowest BCUT2D eigenvalue weighted by atomic mass is 9.94. The lowest BCUT2D eigenvalue weighted by Gasteiger charge is -2.36. The van der Waals surface area contributed by atoms with E-state index in [1.54, 1.807) is 11.8 Å². The van der Waals surface area contributed by atoms with Gasteiger partial charge in [0.25, 0.3) is 0 Å². The third-order valence-electron chi connectivity index (χ3n) is 5.20. The molecule has 0 aromatic heterocycles. The van der Waals surface area contributed by atoms with E-state index in [-0.39, 0.29) is 22.7 Å². The van der Waals surface area contributed by atoms with Gasteiger partial charge in [-0.05, 0) is 26.2 Å². The number of hydrogen-bond donors (Lipinski definition) is 0. The minimum Gasteiger partial charge on any atom is -0.341 e. The summed E-state index contributed by atoms with van der Waals surface area (Å²) < 4.78 is 0. The van der Waals surface area contributed by atoms with E-state index in [1.807, 2.05) is 16.8 Å². The summed E-state index contributed by atoms with van der Waals surface area (Å²) in [5, 5.41) is 0. The van der Waals surface area contributed by atoms with Gasteiger partial charge in [0, 0.05) is 25.3 Å². The highest BCUT2D eigenvalue weighted by Gasteiger charge is 2.53. The maximum Gasteiger partial charge on any atom is 0.246 e. The van der Waals surface area contributed by atoms with Crippen molar-refractivity contribution in [3.05, 3.63) is 0 Å². The molecule has 3 rings (SSSR count). The molecule has 3 fully saturated rings. The molecule has 0 N–H and O–H groups in total. The van der Waals surface area contributed by atoms with Crippen LogP contribution < -0.4 is 0 Å². The van der Waals surface area contributed by atoms with Crippen molar-refractivity contribution in [2.75, 3.05) is 12.8 Å². The molecule has 2 amide bonds. The van der Waals surface area contributed by atoms with Gasteiger partial charge in [-0.15, -0.1) is 11.8 Å². The monoisotopic (exact) mass is 296 g/mol. The van der Waals surface area contributed by atoms with Gasteiger partial charge in [-0.2, -0.15) is 0 Å². The van der Waals surface area contributed by atoms with Crippen molar-refractivity contribution in [3.8, 4) is 0 Å². The SMILES string of the molecule is CN(C(=O)C1CSC2(C)CCC(=O)N12)C1CCCCC1. The highest BCUT2D eigenvalue weighted by Crippen LogP contribution is 2.47. The molecule has 20 heavy (non-hydrogen) atoms. The topological polar surface area (TPSA) is 40.6 Å². The minimum atomic E-state index is -0.230. The van der Waals surface area contributed by atoms with Gasteiger partial charge in [-0.3, -0.25) is 9.59 Å². The van der Waals surface area contributed by atoms with E-state index < -0.39 is 0 Å². The summed E-state index contributed by atoms with van der Waals surface area (Å²) in [6.07, 6.45) is 7.46. The number of hydrogen-bond acceptors (Lipinski definition) is 3. The van der Waals surface area contributed by atoms with Crippen molar-refractivity contribution in [2.45, 2.75) is 68.8 Å². The molecule has 0 bridgehead atoms. The van der Waals surface area contributed by atoms with Gasteiger partial charge in [-0.1, -0.05) is 19.3 Å². The van der Waals surface area contributed by atoms with Crippen molar-refractivity contribution in [1.82, 2.24) is 9.80 Å². The number of likely N-dealkylation sites (N-methyl/N-ethyl adjacent to an activating group) is 1. The molecule has 5 heteroatoms. The maximum atomic E-state index is 12.8. The third-order valence-corrected chi connectivity index (χ3v) is 6.71. The molecule has 3 aliphatic rings. The van der Waals surface area contributed by atoms with Crippen LogP contribution in [0.2, 0.25) is 0 Å². The first-order valence-corrected chi connectivity index (χ1v) is 8.74. The van der Waals surface area contributed by atoms with Gasteiger partial charge in [0.05, 0.1) is 4.87 Å². The van der Waals surface area contributed by atoms with Crippen LogP contribution in [0.4, 0.5) is 0 Å². The summed E-state index contributed by atoms with van der Waals surface area (Å²) in [5.74, 6) is 1.08. The van der Waals surface area contributed by atoms with E-state index in [9.17, 15) is 9.59 Å². The molecule has 4 nitrogen and oxygen atoms in total. The minimum absolute atomic E-state index is 0.134. The highest BCUT2D eigenvalue weighted by atomic mass is 32.2. The molecular weight excluding hydrogens is 272 g/mol. The Morgan fingerprint density at radius 1 is 1.35 bits per heavy atom. The summed E-state index contributed by atoms with van der Waals surface area (Å²) >= 11 is 1.78. The first-order chi connectivity index (χ1) is 9.53. The molecule has 2 atom stereocenters. The van der Waals surface area contributed by atoms with Crippen LogP contribution in [0, 0.1) is 0 Å². The largest absolute Gasteiger partial charge is 0.341 e. The van der Waals surface area contributed by atoms with Crippen LogP contribution >= 0.6 is 11.8 Å². The van der Waals surface area contributed by atoms with Crippen LogP contribution in [-0.4, -0.2) is 51.4 Å². The molecule has 0 aromatic rings. The van der Waals surface area contributed by atoms with Crippen molar-refractivity contribution in [3.63, 3.8) is 0 Å². The average Bonchev–Trinajstić information content (AvgIpc) is 2.95. The van der Waals surface area contributed by atoms with Crippen molar-refractivity contribution in [2.24, 2.45) is 0 Å². The Morgan fingerprint density at radius 2 is 2.05 bits per heavy atom. The summed E-state index contributed by atoms with van der Waals surface area (Å²) in [7, 11) is 1.93. The number of nitrogens with zero attached hydrogens (tertiary/aromatic N) is 2. The predicted molar refractivity (Wildman–Crippen MR) is 80.4 cm³/mol. The molecular formula is C15H24N2O2S. The number of thioether (sulfide) groups is 1. The molecule has 1 saturated carbocycles. The molecule has 0 aromatic carbocycles. The van der Waals surface area contributed by atoms with E-state index in [0.717, 1.165) is 25.0 Å². The smallest absolute Gasteiger partial charge is 0.246 e. The van der Waals surface area contributed by atoms with Gasteiger partial charge in [0.15, 0.2) is 0 Å². The van der Waals surface area contributed by atoms with Gasteiger partial charge in [-0.25, -0.2) is 0 Å². The zero-order valence-corrected chi connectivity index (χ0v) is 13.2. The summed E-state index contributed by atoms with van der Waals surface area (Å²) in [5.41, 5.74) is 0. The Hall–Kier alpha value is -0.710. The van der Waals surface area contributed by atoms with Crippen molar-refractivity contribution >= 4 is 23.6 Å². The second kappa shape index (κ2) is 5.24. The predicted octanol–water partition coefficient (Wildman–Crippen LogP) is 2.23. The van der Waals surface area contributed by atoms with E-state index in [2.05, 4.69) is 6.92 Å². The summed E-state index contributed by atoms with van der Waals surface area (Å²) in [4.78, 5) is 28.6. The van der Waals surface area contributed by atoms with Gasteiger partial charge in [0.2, 0.25) is 11.8 Å². The lowest BCUT2D eigenvalue weighted by Crippen LogP contribution is -2.52. The Labute approximate surface area is 125 Å². The van der Waals surface area contributed by atoms with Gasteiger partial charge < -0.3 is 9.80 Å². The van der Waals surface area contributed by atoms with Crippen molar-refractivity contribution in [1.29, 1.82) is 0 Å². The second-order valence-electron chi connectivity index (χ2n) is 6.51. The highest BCUT2D eigenvalue weighted by molar-refractivity contribution is 8.01. The van der Waals surface area contributed by atoms with E-state index >= 15 is 0 Å². The molecule has 2 unspecified atom stereocenters. The van der Waals surface area contributed by atoms with E-state index in [1.165, 1.54) is 19.3 Å². The Balaban J connectivity index is 1.72. The zero-order chi connectivity index (χ0) is 14.3. The van der Waals surface area contributed by atoms with Crippen LogP contribution in [0.3, 0.4) is 0 Å². The first-order valence-electron chi connectivity index (χ1n) is 7.76. The number of carbonyl (C=O) groups excluding carboxylic acids is 2. The fraction of sp³-hybridized carbons (Fsp3) is 0.867. The standard InChI is InChI=1S/C15H24N2O2S/c1-15-9-8-13(18)17(15)12(10-20-15)14(19)16(2)11-6-4-3-5-7-11/h11-12H,3-10H2,1-2H3. The third kappa shape index (κ3) is 2.24. The van der Waals surface area contributed by atoms with Crippen molar-refractivity contribution < 1.29 is 9.59 Å². The van der Waals surface area contributed by atoms with Crippen LogP contribution in [-0.2, 0) is 9.59 Å². The Bertz CT molecular complexity index is 422. The van der Waals surface area contributed by atoms with Gasteiger partial charge >= 0.3 is 0 Å². The molecule has 2 saturated heterocycles. The maximum absolute atomic E-state index is 12.8. The normalized spacial score (nSPS) is 34.4. The van der Waals surface area contributed by atoms with E-state index in [0.29, 0.717) is 12.5 Å². The van der Waals surface area contributed by atoms with Crippen LogP contribution in [0.1, 0.15) is 51.9 Å². The zero-order valence-electron chi connectivity index (χ0n) is 12.4. The molecule has 1 aliphatic carbocycles. The number of rotatable bonds is 2.